The third-order valence-electron chi connectivity index (χ3n) is 2.81. The summed E-state index contributed by atoms with van der Waals surface area (Å²) in [6, 6.07) is 8.92. The first-order valence-corrected chi connectivity index (χ1v) is 5.77. The SMILES string of the molecule is Cc1cccc(Nc2nc3n[nH]c(N)c3cc2F)c1. The number of aromatic amines is 1. The molecule has 0 aliphatic rings. The molecule has 4 N–H and O–H groups in total. The smallest absolute Gasteiger partial charge is 0.185 e. The molecule has 0 aliphatic heterocycles. The minimum Gasteiger partial charge on any atom is -0.384 e. The number of hydrogen-bond acceptors (Lipinski definition) is 4. The van der Waals surface area contributed by atoms with E-state index in [2.05, 4.69) is 20.5 Å². The van der Waals surface area contributed by atoms with Gasteiger partial charge in [-0.1, -0.05) is 12.1 Å². The van der Waals surface area contributed by atoms with Gasteiger partial charge in [0.05, 0.1) is 5.39 Å². The highest BCUT2D eigenvalue weighted by molar-refractivity contribution is 5.87. The van der Waals surface area contributed by atoms with Crippen LogP contribution in [0.15, 0.2) is 30.3 Å². The lowest BCUT2D eigenvalue weighted by Crippen LogP contribution is -1.98. The molecule has 19 heavy (non-hydrogen) atoms. The molecule has 96 valence electrons. The van der Waals surface area contributed by atoms with Crippen LogP contribution in [0.1, 0.15) is 5.56 Å². The first-order chi connectivity index (χ1) is 9.13. The van der Waals surface area contributed by atoms with Gasteiger partial charge in [-0.3, -0.25) is 5.10 Å². The second kappa shape index (κ2) is 4.24. The Morgan fingerprint density at radius 2 is 2.16 bits per heavy atom. The van der Waals surface area contributed by atoms with Crippen molar-refractivity contribution in [3.8, 4) is 0 Å². The van der Waals surface area contributed by atoms with Crippen LogP contribution in [0.4, 0.5) is 21.7 Å². The second-order valence-corrected chi connectivity index (χ2v) is 4.32. The van der Waals surface area contributed by atoms with Crippen molar-refractivity contribution in [2.45, 2.75) is 6.92 Å². The number of pyridine rings is 1. The van der Waals surface area contributed by atoms with Crippen LogP contribution in [0.25, 0.3) is 11.0 Å². The molecule has 6 heteroatoms. The van der Waals surface area contributed by atoms with Crippen molar-refractivity contribution in [2.24, 2.45) is 0 Å². The predicted molar refractivity (Wildman–Crippen MR) is 72.7 cm³/mol. The van der Waals surface area contributed by atoms with Crippen LogP contribution in [-0.4, -0.2) is 15.2 Å². The summed E-state index contributed by atoms with van der Waals surface area (Å²) < 4.78 is 13.9. The van der Waals surface area contributed by atoms with Gasteiger partial charge < -0.3 is 11.1 Å². The number of nitrogen functional groups attached to an aromatic ring is 1. The summed E-state index contributed by atoms with van der Waals surface area (Å²) >= 11 is 0. The van der Waals surface area contributed by atoms with Gasteiger partial charge in [0.15, 0.2) is 17.3 Å². The van der Waals surface area contributed by atoms with Crippen LogP contribution in [0.3, 0.4) is 0 Å². The molecular formula is C13H12FN5. The van der Waals surface area contributed by atoms with E-state index in [0.29, 0.717) is 16.9 Å². The van der Waals surface area contributed by atoms with Gasteiger partial charge in [-0.15, -0.1) is 0 Å². The molecule has 2 aromatic heterocycles. The quantitative estimate of drug-likeness (QED) is 0.659. The van der Waals surface area contributed by atoms with Gasteiger partial charge in [0.1, 0.15) is 5.82 Å². The average molecular weight is 257 g/mol. The molecule has 0 spiro atoms. The summed E-state index contributed by atoms with van der Waals surface area (Å²) in [4.78, 5) is 4.11. The van der Waals surface area contributed by atoms with E-state index < -0.39 is 5.82 Å². The van der Waals surface area contributed by atoms with Crippen LogP contribution in [-0.2, 0) is 0 Å². The Hall–Kier alpha value is -2.63. The summed E-state index contributed by atoms with van der Waals surface area (Å²) in [6.45, 7) is 1.96. The zero-order valence-electron chi connectivity index (χ0n) is 10.2. The van der Waals surface area contributed by atoms with E-state index in [0.717, 1.165) is 11.3 Å². The number of aromatic nitrogens is 3. The topological polar surface area (TPSA) is 79.6 Å². The van der Waals surface area contributed by atoms with Gasteiger partial charge in [-0.2, -0.15) is 5.10 Å². The molecule has 0 unspecified atom stereocenters. The Balaban J connectivity index is 2.03. The van der Waals surface area contributed by atoms with Crippen molar-refractivity contribution in [3.05, 3.63) is 41.7 Å². The number of H-pyrrole nitrogens is 1. The Morgan fingerprint density at radius 1 is 1.32 bits per heavy atom. The van der Waals surface area contributed by atoms with E-state index in [1.165, 1.54) is 6.07 Å². The van der Waals surface area contributed by atoms with Crippen LogP contribution in [0.2, 0.25) is 0 Å². The van der Waals surface area contributed by atoms with E-state index in [-0.39, 0.29) is 5.82 Å². The number of fused-ring (bicyclic) bond motifs is 1. The molecule has 1 aromatic carbocycles. The lowest BCUT2D eigenvalue weighted by atomic mass is 10.2. The third-order valence-corrected chi connectivity index (χ3v) is 2.81. The maximum Gasteiger partial charge on any atom is 0.185 e. The first kappa shape index (κ1) is 11.5. The number of halogens is 1. The van der Waals surface area contributed by atoms with Crippen LogP contribution >= 0.6 is 0 Å². The van der Waals surface area contributed by atoms with Crippen LogP contribution in [0.5, 0.6) is 0 Å². The van der Waals surface area contributed by atoms with E-state index in [9.17, 15) is 4.39 Å². The Labute approximate surface area is 108 Å². The molecule has 0 aliphatic carbocycles. The minimum atomic E-state index is -0.470. The highest BCUT2D eigenvalue weighted by Gasteiger charge is 2.11. The van der Waals surface area contributed by atoms with Crippen LogP contribution < -0.4 is 11.1 Å². The molecule has 2 heterocycles. The highest BCUT2D eigenvalue weighted by atomic mass is 19.1. The molecular weight excluding hydrogens is 245 g/mol. The molecule has 0 radical (unpaired) electrons. The van der Waals surface area contributed by atoms with Crippen molar-refractivity contribution in [1.82, 2.24) is 15.2 Å². The molecule has 0 fully saturated rings. The van der Waals surface area contributed by atoms with Crippen molar-refractivity contribution < 1.29 is 4.39 Å². The number of rotatable bonds is 2. The van der Waals surface area contributed by atoms with Crippen molar-refractivity contribution in [2.75, 3.05) is 11.1 Å². The normalized spacial score (nSPS) is 10.8. The largest absolute Gasteiger partial charge is 0.384 e. The summed E-state index contributed by atoms with van der Waals surface area (Å²) in [7, 11) is 0. The number of nitrogens with two attached hydrogens (primary N) is 1. The molecule has 0 saturated heterocycles. The number of nitrogens with one attached hydrogen (secondary N) is 2. The van der Waals surface area contributed by atoms with Crippen molar-refractivity contribution in [3.63, 3.8) is 0 Å². The van der Waals surface area contributed by atoms with Gasteiger partial charge in [0.2, 0.25) is 0 Å². The zero-order chi connectivity index (χ0) is 13.4. The van der Waals surface area contributed by atoms with Gasteiger partial charge in [-0.05, 0) is 30.7 Å². The minimum absolute atomic E-state index is 0.129. The molecule has 3 rings (SSSR count). The standard InChI is InChI=1S/C13H12FN5/c1-7-3-2-4-8(5-7)16-13-10(14)6-9-11(15)18-19-12(9)17-13/h2-6H,1H3,(H4,15,16,17,18,19). The number of benzene rings is 1. The Morgan fingerprint density at radius 3 is 2.95 bits per heavy atom. The molecule has 0 amide bonds. The lowest BCUT2D eigenvalue weighted by Gasteiger charge is -2.07. The summed E-state index contributed by atoms with van der Waals surface area (Å²) in [5.41, 5.74) is 7.86. The first-order valence-electron chi connectivity index (χ1n) is 5.77. The molecule has 0 saturated carbocycles. The van der Waals surface area contributed by atoms with Gasteiger partial charge in [0, 0.05) is 5.69 Å². The fraction of sp³-hybridized carbons (Fsp3) is 0.0769. The predicted octanol–water partition coefficient (Wildman–Crippen LogP) is 2.73. The molecule has 3 aromatic rings. The Kier molecular flexibility index (Phi) is 2.56. The maximum absolute atomic E-state index is 13.9. The number of nitrogens with zero attached hydrogens (tertiary/aromatic N) is 2. The maximum atomic E-state index is 13.9. The van der Waals surface area contributed by atoms with E-state index in [4.69, 9.17) is 5.73 Å². The monoisotopic (exact) mass is 257 g/mol. The average Bonchev–Trinajstić information content (AvgIpc) is 2.71. The molecule has 0 atom stereocenters. The number of anilines is 3. The lowest BCUT2D eigenvalue weighted by molar-refractivity contribution is 0.629. The van der Waals surface area contributed by atoms with Crippen molar-refractivity contribution in [1.29, 1.82) is 0 Å². The summed E-state index contributed by atoms with van der Waals surface area (Å²) in [5.74, 6) is -0.0322. The summed E-state index contributed by atoms with van der Waals surface area (Å²) in [5, 5.41) is 9.90. The number of aryl methyl sites for hydroxylation is 1. The number of hydrogen-bond donors (Lipinski definition) is 3. The Bertz CT molecular complexity index is 750. The highest BCUT2D eigenvalue weighted by Crippen LogP contribution is 2.24. The van der Waals surface area contributed by atoms with Gasteiger partial charge in [0.25, 0.3) is 0 Å². The second-order valence-electron chi connectivity index (χ2n) is 4.32. The van der Waals surface area contributed by atoms with E-state index >= 15 is 0 Å². The summed E-state index contributed by atoms with van der Waals surface area (Å²) in [6.07, 6.45) is 0. The molecule has 5 nitrogen and oxygen atoms in total. The zero-order valence-corrected chi connectivity index (χ0v) is 10.2. The van der Waals surface area contributed by atoms with E-state index in [1.807, 2.05) is 31.2 Å². The van der Waals surface area contributed by atoms with E-state index in [1.54, 1.807) is 0 Å². The third kappa shape index (κ3) is 2.08. The van der Waals surface area contributed by atoms with Gasteiger partial charge in [-0.25, -0.2) is 9.37 Å². The van der Waals surface area contributed by atoms with Crippen molar-refractivity contribution >= 4 is 28.4 Å². The molecule has 0 bridgehead atoms. The fourth-order valence-electron chi connectivity index (χ4n) is 1.88. The fourth-order valence-corrected chi connectivity index (χ4v) is 1.88. The van der Waals surface area contributed by atoms with Gasteiger partial charge >= 0.3 is 0 Å². The van der Waals surface area contributed by atoms with Crippen LogP contribution in [0, 0.1) is 12.7 Å².